The van der Waals surface area contributed by atoms with Crippen molar-refractivity contribution in [2.45, 2.75) is 38.3 Å². The SMILES string of the molecule is CN(C)c1ccc(-c2ccc(CN(c3cc(C=CC(=O)O)ccn3)C(=O)[C@H]3CC[C@H](O)CC3)cc2)cn1. The minimum Gasteiger partial charge on any atom is -0.478 e. The predicted octanol–water partition coefficient (Wildman–Crippen LogP) is 4.39. The smallest absolute Gasteiger partial charge is 0.328 e. The van der Waals surface area contributed by atoms with Crippen molar-refractivity contribution < 1.29 is 19.8 Å². The van der Waals surface area contributed by atoms with Gasteiger partial charge in [-0.05, 0) is 72.7 Å². The van der Waals surface area contributed by atoms with Gasteiger partial charge in [-0.1, -0.05) is 24.3 Å². The number of carboxylic acids is 1. The van der Waals surface area contributed by atoms with Crippen LogP contribution in [0.25, 0.3) is 17.2 Å². The molecule has 0 bridgehead atoms. The van der Waals surface area contributed by atoms with Crippen molar-refractivity contribution in [3.8, 4) is 11.1 Å². The van der Waals surface area contributed by atoms with Gasteiger partial charge in [0.15, 0.2) is 0 Å². The fourth-order valence-electron chi connectivity index (χ4n) is 4.47. The van der Waals surface area contributed by atoms with Gasteiger partial charge in [0.2, 0.25) is 5.91 Å². The van der Waals surface area contributed by atoms with Crippen LogP contribution in [-0.2, 0) is 16.1 Å². The summed E-state index contributed by atoms with van der Waals surface area (Å²) in [5, 5.41) is 18.9. The molecule has 1 fully saturated rings. The average Bonchev–Trinajstić information content (AvgIpc) is 2.91. The summed E-state index contributed by atoms with van der Waals surface area (Å²) >= 11 is 0. The first kappa shape index (κ1) is 26.0. The molecule has 4 rings (SSSR count). The van der Waals surface area contributed by atoms with Crippen LogP contribution in [0.3, 0.4) is 0 Å². The fraction of sp³-hybridized carbons (Fsp3) is 0.310. The van der Waals surface area contributed by atoms with Crippen LogP contribution in [0, 0.1) is 5.92 Å². The molecule has 8 heteroatoms. The summed E-state index contributed by atoms with van der Waals surface area (Å²) in [6, 6.07) is 15.4. The van der Waals surface area contributed by atoms with Crippen LogP contribution in [0.15, 0.2) is 67.0 Å². The molecule has 8 nitrogen and oxygen atoms in total. The third-order valence-corrected chi connectivity index (χ3v) is 6.61. The predicted molar refractivity (Wildman–Crippen MR) is 144 cm³/mol. The second-order valence-corrected chi connectivity index (χ2v) is 9.55. The number of carbonyl (C=O) groups is 2. The van der Waals surface area contributed by atoms with Gasteiger partial charge in [0.25, 0.3) is 0 Å². The van der Waals surface area contributed by atoms with E-state index in [1.165, 1.54) is 6.08 Å². The average molecular weight is 501 g/mol. The van der Waals surface area contributed by atoms with Gasteiger partial charge in [0.1, 0.15) is 11.6 Å². The van der Waals surface area contributed by atoms with Crippen molar-refractivity contribution in [3.05, 3.63) is 78.1 Å². The maximum Gasteiger partial charge on any atom is 0.328 e. The Hall–Kier alpha value is -4.04. The number of carbonyl (C=O) groups excluding carboxylic acids is 1. The molecule has 0 atom stereocenters. The zero-order chi connectivity index (χ0) is 26.4. The van der Waals surface area contributed by atoms with Gasteiger partial charge in [-0.3, -0.25) is 9.69 Å². The molecule has 0 spiro atoms. The molecule has 3 aromatic rings. The Balaban J connectivity index is 1.59. The number of nitrogens with zero attached hydrogens (tertiary/aromatic N) is 4. The van der Waals surface area contributed by atoms with Gasteiger partial charge < -0.3 is 15.1 Å². The van der Waals surface area contributed by atoms with Gasteiger partial charge in [0, 0.05) is 44.0 Å². The van der Waals surface area contributed by atoms with E-state index in [1.54, 1.807) is 23.2 Å². The molecular formula is C29H32N4O4. The van der Waals surface area contributed by atoms with Crippen LogP contribution >= 0.6 is 0 Å². The topological polar surface area (TPSA) is 107 Å². The van der Waals surface area contributed by atoms with Gasteiger partial charge in [0.05, 0.1) is 12.6 Å². The van der Waals surface area contributed by atoms with Crippen LogP contribution in [-0.4, -0.2) is 52.3 Å². The molecule has 1 aliphatic carbocycles. The van der Waals surface area contributed by atoms with Crippen molar-refractivity contribution >= 4 is 29.6 Å². The highest BCUT2D eigenvalue weighted by molar-refractivity contribution is 5.94. The number of aliphatic carboxylic acids is 1. The Morgan fingerprint density at radius 3 is 2.27 bits per heavy atom. The van der Waals surface area contributed by atoms with Crippen LogP contribution in [0.2, 0.25) is 0 Å². The zero-order valence-electron chi connectivity index (χ0n) is 21.1. The van der Waals surface area contributed by atoms with Crippen molar-refractivity contribution in [2.75, 3.05) is 23.9 Å². The molecule has 0 radical (unpaired) electrons. The molecule has 0 unspecified atom stereocenters. The normalized spacial score (nSPS) is 17.5. The monoisotopic (exact) mass is 500 g/mol. The summed E-state index contributed by atoms with van der Waals surface area (Å²) in [4.78, 5) is 37.1. The van der Waals surface area contributed by atoms with Crippen molar-refractivity contribution in [3.63, 3.8) is 0 Å². The van der Waals surface area contributed by atoms with Gasteiger partial charge in [-0.2, -0.15) is 0 Å². The van der Waals surface area contributed by atoms with E-state index in [9.17, 15) is 14.7 Å². The molecule has 0 aliphatic heterocycles. The standard InChI is InChI=1S/C29H32N4O4/c1-32(2)26-13-10-24(18-31-26)22-6-3-21(4-7-22)19-33(29(37)23-8-11-25(34)12-9-23)27-17-20(15-16-30-27)5-14-28(35)36/h3-7,10,13-18,23,25,34H,8-9,11-12,19H2,1-2H3,(H,35,36)/t23-,25-. The van der Waals surface area contributed by atoms with Crippen LogP contribution in [0.4, 0.5) is 11.6 Å². The van der Waals surface area contributed by atoms with Crippen molar-refractivity contribution in [1.29, 1.82) is 0 Å². The number of pyridine rings is 2. The number of benzene rings is 1. The maximum atomic E-state index is 13.6. The fourth-order valence-corrected chi connectivity index (χ4v) is 4.47. The largest absolute Gasteiger partial charge is 0.478 e. The number of hydrogen-bond acceptors (Lipinski definition) is 6. The summed E-state index contributed by atoms with van der Waals surface area (Å²) in [6.07, 6.45) is 8.09. The summed E-state index contributed by atoms with van der Waals surface area (Å²) in [5.74, 6) is 0.0860. The van der Waals surface area contributed by atoms with E-state index in [1.807, 2.05) is 61.6 Å². The van der Waals surface area contributed by atoms with Crippen LogP contribution < -0.4 is 9.80 Å². The molecule has 1 amide bonds. The lowest BCUT2D eigenvalue weighted by atomic mass is 9.86. The van der Waals surface area contributed by atoms with E-state index >= 15 is 0 Å². The number of aromatic nitrogens is 2. The van der Waals surface area contributed by atoms with Crippen molar-refractivity contribution in [2.24, 2.45) is 5.92 Å². The van der Waals surface area contributed by atoms with Crippen molar-refractivity contribution in [1.82, 2.24) is 9.97 Å². The van der Waals surface area contributed by atoms with Gasteiger partial charge >= 0.3 is 5.97 Å². The number of aliphatic hydroxyl groups excluding tert-OH is 1. The van der Waals surface area contributed by atoms with Crippen LogP contribution in [0.1, 0.15) is 36.8 Å². The maximum absolute atomic E-state index is 13.6. The highest BCUT2D eigenvalue weighted by Gasteiger charge is 2.30. The third kappa shape index (κ3) is 6.80. The van der Waals surface area contributed by atoms with E-state index in [-0.39, 0.29) is 17.9 Å². The first-order valence-corrected chi connectivity index (χ1v) is 12.4. The van der Waals surface area contributed by atoms with E-state index < -0.39 is 5.97 Å². The highest BCUT2D eigenvalue weighted by Crippen LogP contribution is 2.29. The minimum atomic E-state index is -1.04. The molecule has 192 valence electrons. The Bertz CT molecular complexity index is 1250. The number of rotatable bonds is 8. The number of carboxylic acid groups (broad SMARTS) is 1. The first-order chi connectivity index (χ1) is 17.8. The van der Waals surface area contributed by atoms with Crippen LogP contribution in [0.5, 0.6) is 0 Å². The number of hydrogen-bond donors (Lipinski definition) is 2. The minimum absolute atomic E-state index is 0.0358. The lowest BCUT2D eigenvalue weighted by Gasteiger charge is -2.30. The second kappa shape index (κ2) is 11.8. The Morgan fingerprint density at radius 1 is 0.946 bits per heavy atom. The third-order valence-electron chi connectivity index (χ3n) is 6.61. The van der Waals surface area contributed by atoms with E-state index in [4.69, 9.17) is 5.11 Å². The molecule has 1 aliphatic rings. The summed E-state index contributed by atoms with van der Waals surface area (Å²) in [6.45, 7) is 0.328. The second-order valence-electron chi connectivity index (χ2n) is 9.55. The molecule has 1 saturated carbocycles. The lowest BCUT2D eigenvalue weighted by molar-refractivity contribution is -0.131. The summed E-state index contributed by atoms with van der Waals surface area (Å²) < 4.78 is 0. The molecule has 2 heterocycles. The zero-order valence-corrected chi connectivity index (χ0v) is 21.1. The molecule has 0 saturated heterocycles. The van der Waals surface area contributed by atoms with Gasteiger partial charge in [-0.25, -0.2) is 14.8 Å². The van der Waals surface area contributed by atoms with Gasteiger partial charge in [-0.15, -0.1) is 0 Å². The Morgan fingerprint density at radius 2 is 1.65 bits per heavy atom. The Kier molecular flexibility index (Phi) is 8.30. The molecule has 37 heavy (non-hydrogen) atoms. The lowest BCUT2D eigenvalue weighted by Crippen LogP contribution is -2.38. The van der Waals surface area contributed by atoms with E-state index in [2.05, 4.69) is 9.97 Å². The number of amides is 1. The Labute approximate surface area is 216 Å². The molecule has 1 aromatic carbocycles. The molecular weight excluding hydrogens is 468 g/mol. The van der Waals surface area contributed by atoms with E-state index in [0.717, 1.165) is 28.6 Å². The number of anilines is 2. The molecule has 2 aromatic heterocycles. The quantitative estimate of drug-likeness (QED) is 0.442. The first-order valence-electron chi connectivity index (χ1n) is 12.4. The molecule has 2 N–H and O–H groups in total. The highest BCUT2D eigenvalue weighted by atomic mass is 16.4. The van der Waals surface area contributed by atoms with E-state index in [0.29, 0.717) is 43.6 Å². The summed E-state index contributed by atoms with van der Waals surface area (Å²) in [5.41, 5.74) is 3.62. The number of aliphatic hydroxyl groups is 1. The summed E-state index contributed by atoms with van der Waals surface area (Å²) in [7, 11) is 3.90.